The average molecular weight is 432 g/mol. The number of hydrogen-bond acceptors (Lipinski definition) is 1. The van der Waals surface area contributed by atoms with E-state index < -0.39 is 8.32 Å². The van der Waals surface area contributed by atoms with Crippen molar-refractivity contribution < 1.29 is 23.9 Å². The zero-order valence-electron chi connectivity index (χ0n) is 17.8. The Morgan fingerprint density at radius 1 is 0.926 bits per heavy atom. The van der Waals surface area contributed by atoms with Crippen LogP contribution < -0.4 is 10.4 Å². The van der Waals surface area contributed by atoms with E-state index in [9.17, 15) is 0 Å². The molecule has 0 N–H and O–H groups in total. The third kappa shape index (κ3) is 6.82. The van der Waals surface area contributed by atoms with Gasteiger partial charge in [-0.25, -0.2) is 0 Å². The smallest absolute Gasteiger partial charge is 0.501 e. The van der Waals surface area contributed by atoms with Crippen LogP contribution >= 0.6 is 0 Å². The molecule has 142 valence electrons. The molecule has 0 aromatic heterocycles. The molecular formula is C24H34OSiZn. The Labute approximate surface area is 181 Å². The molecule has 0 fully saturated rings. The van der Waals surface area contributed by atoms with E-state index >= 15 is 0 Å². The monoisotopic (exact) mass is 430 g/mol. The van der Waals surface area contributed by atoms with Crippen molar-refractivity contribution in [3.63, 3.8) is 0 Å². The zero-order chi connectivity index (χ0) is 19.5. The molecule has 0 atom stereocenters. The summed E-state index contributed by atoms with van der Waals surface area (Å²) in [5.74, 6) is 0. The fourth-order valence-corrected chi connectivity index (χ4v) is 7.86. The van der Waals surface area contributed by atoms with E-state index in [1.165, 1.54) is 10.4 Å². The van der Waals surface area contributed by atoms with Gasteiger partial charge in [0.2, 0.25) is 0 Å². The first-order valence-electron chi connectivity index (χ1n) is 9.53. The minimum Gasteiger partial charge on any atom is -0.501 e. The normalized spacial score (nSPS) is 11.5. The summed E-state index contributed by atoms with van der Waals surface area (Å²) in [6.45, 7) is 14.8. The first-order chi connectivity index (χ1) is 12.5. The second-order valence-corrected chi connectivity index (χ2v) is 11.4. The summed E-state index contributed by atoms with van der Waals surface area (Å²) in [6, 6.07) is 21.6. The summed E-state index contributed by atoms with van der Waals surface area (Å²) >= 11 is 0. The van der Waals surface area contributed by atoms with Crippen LogP contribution in [0.5, 0.6) is 0 Å². The molecule has 27 heavy (non-hydrogen) atoms. The summed E-state index contributed by atoms with van der Waals surface area (Å²) in [4.78, 5) is 0. The van der Waals surface area contributed by atoms with Crippen LogP contribution in [0.1, 0.15) is 47.5 Å². The number of hydrogen-bond donors (Lipinski definition) is 0. The molecular weight excluding hydrogens is 398 g/mol. The molecule has 0 saturated carbocycles. The molecule has 3 heteroatoms. The first-order valence-corrected chi connectivity index (χ1v) is 11.4. The largest absolute Gasteiger partial charge is 2.00 e. The van der Waals surface area contributed by atoms with Crippen LogP contribution in [0.2, 0.25) is 5.04 Å². The van der Waals surface area contributed by atoms with Crippen molar-refractivity contribution in [3.8, 4) is 0 Å². The Kier molecular flexibility index (Phi) is 12.7. The van der Waals surface area contributed by atoms with E-state index in [1.807, 2.05) is 0 Å². The van der Waals surface area contributed by atoms with Gasteiger partial charge >= 0.3 is 19.5 Å². The van der Waals surface area contributed by atoms with E-state index in [4.69, 9.17) is 4.43 Å². The fourth-order valence-electron chi connectivity index (χ4n) is 3.28. The predicted octanol–water partition coefficient (Wildman–Crippen LogP) is 5.56. The SMILES string of the molecule is CC[C-]=CCCO[Si](c1ccccc1)(c1ccccc1)C(C)(C)C.[CH2-]C.[Zn+2]. The molecule has 0 aliphatic carbocycles. The Hall–Kier alpha value is -1.02. The molecule has 2 rings (SSSR count). The topological polar surface area (TPSA) is 9.23 Å². The molecule has 0 aliphatic rings. The molecule has 0 bridgehead atoms. The molecule has 2 aromatic rings. The molecule has 2 aromatic carbocycles. The van der Waals surface area contributed by atoms with Gasteiger partial charge in [0.1, 0.15) is 0 Å². The molecule has 0 heterocycles. The van der Waals surface area contributed by atoms with Crippen LogP contribution in [-0.4, -0.2) is 14.9 Å². The standard InChI is InChI=1S/C22H29OSi.C2H5.Zn/c1-5-6-7-14-19-23-24(22(2,3)4,20-15-10-8-11-16-20)21-17-12-9-13-18-21;1-2;/h7-13,15-18H,5,14,19H2,1-4H3;1H2,2H3;/q2*-1;+2. The van der Waals surface area contributed by atoms with Crippen LogP contribution in [0.25, 0.3) is 0 Å². The summed E-state index contributed by atoms with van der Waals surface area (Å²) < 4.78 is 6.78. The van der Waals surface area contributed by atoms with Crippen LogP contribution in [0.3, 0.4) is 0 Å². The Morgan fingerprint density at radius 2 is 1.37 bits per heavy atom. The van der Waals surface area contributed by atoms with Crippen molar-refractivity contribution in [3.05, 3.63) is 79.7 Å². The van der Waals surface area contributed by atoms with E-state index in [0.717, 1.165) is 19.4 Å². The average Bonchev–Trinajstić information content (AvgIpc) is 2.67. The maximum Gasteiger partial charge on any atom is 2.00 e. The summed E-state index contributed by atoms with van der Waals surface area (Å²) in [5.41, 5.74) is 0. The van der Waals surface area contributed by atoms with E-state index in [1.54, 1.807) is 6.92 Å². The van der Waals surface area contributed by atoms with E-state index in [0.29, 0.717) is 0 Å². The van der Waals surface area contributed by atoms with Crippen molar-refractivity contribution in [2.75, 3.05) is 6.61 Å². The molecule has 1 nitrogen and oxygen atoms in total. The second-order valence-electron chi connectivity index (χ2n) is 7.06. The minimum atomic E-state index is -2.36. The van der Waals surface area contributed by atoms with Crippen molar-refractivity contribution in [1.29, 1.82) is 0 Å². The van der Waals surface area contributed by atoms with E-state index in [-0.39, 0.29) is 24.5 Å². The molecule has 0 unspecified atom stereocenters. The molecule has 0 saturated heterocycles. The van der Waals surface area contributed by atoms with Gasteiger partial charge in [-0.3, -0.25) is 6.08 Å². The quantitative estimate of drug-likeness (QED) is 0.317. The van der Waals surface area contributed by atoms with Gasteiger partial charge < -0.3 is 17.4 Å². The van der Waals surface area contributed by atoms with Crippen LogP contribution in [0.4, 0.5) is 0 Å². The third-order valence-electron chi connectivity index (χ3n) is 4.35. The van der Waals surface area contributed by atoms with Crippen LogP contribution in [-0.2, 0) is 23.9 Å². The van der Waals surface area contributed by atoms with E-state index in [2.05, 4.69) is 107 Å². The molecule has 0 radical (unpaired) electrons. The van der Waals surface area contributed by atoms with Gasteiger partial charge in [-0.15, -0.1) is 0 Å². The van der Waals surface area contributed by atoms with Crippen molar-refractivity contribution in [2.45, 2.75) is 52.5 Å². The predicted molar refractivity (Wildman–Crippen MR) is 117 cm³/mol. The first kappa shape index (κ1) is 26.0. The summed E-state index contributed by atoms with van der Waals surface area (Å²) in [6.07, 6.45) is 7.24. The van der Waals surface area contributed by atoms with Gasteiger partial charge in [0, 0.05) is 6.61 Å². The Balaban J connectivity index is 0.00000218. The summed E-state index contributed by atoms with van der Waals surface area (Å²) in [7, 11) is -2.36. The summed E-state index contributed by atoms with van der Waals surface area (Å²) in [5, 5.41) is 2.73. The van der Waals surface area contributed by atoms with Crippen molar-refractivity contribution >= 4 is 18.7 Å². The molecule has 0 spiro atoms. The minimum absolute atomic E-state index is 0. The third-order valence-corrected chi connectivity index (χ3v) is 9.39. The second kappa shape index (κ2) is 13.2. The van der Waals surface area contributed by atoms with Gasteiger partial charge in [-0.1, -0.05) is 88.4 Å². The van der Waals surface area contributed by atoms with Gasteiger partial charge in [0.15, 0.2) is 0 Å². The Bertz CT molecular complexity index is 593. The number of benzene rings is 2. The van der Waals surface area contributed by atoms with Crippen LogP contribution in [0, 0.1) is 13.0 Å². The van der Waals surface area contributed by atoms with Crippen molar-refractivity contribution in [1.82, 2.24) is 0 Å². The zero-order valence-corrected chi connectivity index (χ0v) is 21.8. The molecule has 0 amide bonds. The number of rotatable bonds is 7. The van der Waals surface area contributed by atoms with Gasteiger partial charge in [0.05, 0.1) is 0 Å². The molecule has 0 aliphatic heterocycles. The van der Waals surface area contributed by atoms with Gasteiger partial charge in [0.25, 0.3) is 8.32 Å². The maximum atomic E-state index is 6.78. The Morgan fingerprint density at radius 3 is 1.74 bits per heavy atom. The van der Waals surface area contributed by atoms with Crippen molar-refractivity contribution in [2.24, 2.45) is 0 Å². The maximum absolute atomic E-state index is 6.78. The van der Waals surface area contributed by atoms with Gasteiger partial charge in [-0.2, -0.15) is 13.3 Å². The fraction of sp³-hybridized carbons (Fsp3) is 0.375. The van der Waals surface area contributed by atoms with Gasteiger partial charge in [-0.05, 0) is 21.8 Å². The number of allylic oxidation sites excluding steroid dienone is 1. The van der Waals surface area contributed by atoms with Crippen LogP contribution in [0.15, 0.2) is 66.7 Å².